The molecule has 4 rings (SSSR count). The second-order valence-corrected chi connectivity index (χ2v) is 6.39. The van der Waals surface area contributed by atoms with Crippen molar-refractivity contribution in [3.05, 3.63) is 52.9 Å². The molecule has 3 aromatic rings. The summed E-state index contributed by atoms with van der Waals surface area (Å²) in [4.78, 5) is 0. The Morgan fingerprint density at radius 3 is 2.96 bits per heavy atom. The van der Waals surface area contributed by atoms with Gasteiger partial charge in [0, 0.05) is 17.5 Å². The van der Waals surface area contributed by atoms with Crippen LogP contribution in [0.3, 0.4) is 0 Å². The highest BCUT2D eigenvalue weighted by molar-refractivity contribution is 6.31. The molecule has 6 heteroatoms. The van der Waals surface area contributed by atoms with Crippen LogP contribution in [-0.4, -0.2) is 26.4 Å². The first-order valence-corrected chi connectivity index (χ1v) is 8.37. The SMILES string of the molecule is Clc1ccccc1CCCNc1cc(C2CC2)nn2cnnc12. The molecule has 0 unspecified atom stereocenters. The summed E-state index contributed by atoms with van der Waals surface area (Å²) < 4.78 is 1.77. The molecule has 1 saturated carbocycles. The zero-order valence-corrected chi connectivity index (χ0v) is 13.5. The molecule has 1 fully saturated rings. The molecule has 0 bridgehead atoms. The van der Waals surface area contributed by atoms with E-state index in [2.05, 4.69) is 32.7 Å². The van der Waals surface area contributed by atoms with Crippen LogP contribution in [0.1, 0.15) is 36.4 Å². The van der Waals surface area contributed by atoms with Crippen LogP contribution in [-0.2, 0) is 6.42 Å². The number of rotatable bonds is 6. The maximum Gasteiger partial charge on any atom is 0.200 e. The van der Waals surface area contributed by atoms with E-state index >= 15 is 0 Å². The summed E-state index contributed by atoms with van der Waals surface area (Å²) in [5.74, 6) is 0.602. The fraction of sp³-hybridized carbons (Fsp3) is 0.353. The minimum absolute atomic E-state index is 0.602. The first kappa shape index (κ1) is 14.5. The van der Waals surface area contributed by atoms with E-state index in [0.717, 1.165) is 41.4 Å². The first-order chi connectivity index (χ1) is 11.3. The number of nitrogens with one attached hydrogen (secondary N) is 1. The van der Waals surface area contributed by atoms with Crippen molar-refractivity contribution in [3.8, 4) is 0 Å². The number of hydrogen-bond donors (Lipinski definition) is 1. The van der Waals surface area contributed by atoms with Crippen molar-refractivity contribution in [2.75, 3.05) is 11.9 Å². The number of anilines is 1. The van der Waals surface area contributed by atoms with E-state index in [-0.39, 0.29) is 0 Å². The van der Waals surface area contributed by atoms with Gasteiger partial charge in [0.2, 0.25) is 5.65 Å². The van der Waals surface area contributed by atoms with E-state index < -0.39 is 0 Å². The summed E-state index contributed by atoms with van der Waals surface area (Å²) in [5, 5.41) is 17.0. The molecule has 0 spiro atoms. The third-order valence-electron chi connectivity index (χ3n) is 4.18. The molecule has 0 saturated heterocycles. The van der Waals surface area contributed by atoms with E-state index in [1.54, 1.807) is 10.8 Å². The molecular formula is C17H18ClN5. The van der Waals surface area contributed by atoms with Gasteiger partial charge in [-0.1, -0.05) is 29.8 Å². The van der Waals surface area contributed by atoms with Gasteiger partial charge in [-0.3, -0.25) is 0 Å². The molecule has 0 aliphatic heterocycles. The smallest absolute Gasteiger partial charge is 0.200 e. The highest BCUT2D eigenvalue weighted by Crippen LogP contribution is 2.39. The number of fused-ring (bicyclic) bond motifs is 1. The zero-order valence-electron chi connectivity index (χ0n) is 12.7. The van der Waals surface area contributed by atoms with E-state index in [4.69, 9.17) is 11.6 Å². The molecule has 5 nitrogen and oxygen atoms in total. The molecule has 1 N–H and O–H groups in total. The predicted octanol–water partition coefficient (Wildman–Crippen LogP) is 3.70. The van der Waals surface area contributed by atoms with Crippen molar-refractivity contribution in [2.45, 2.75) is 31.6 Å². The van der Waals surface area contributed by atoms with E-state index in [1.165, 1.54) is 18.4 Å². The molecular weight excluding hydrogens is 310 g/mol. The van der Waals surface area contributed by atoms with Crippen molar-refractivity contribution >= 4 is 22.9 Å². The fourth-order valence-corrected chi connectivity index (χ4v) is 2.99. The molecule has 118 valence electrons. The predicted molar refractivity (Wildman–Crippen MR) is 91.0 cm³/mol. The molecule has 1 aromatic carbocycles. The summed E-state index contributed by atoms with van der Waals surface area (Å²) >= 11 is 6.20. The van der Waals surface area contributed by atoms with Crippen molar-refractivity contribution in [1.82, 2.24) is 19.8 Å². The Morgan fingerprint density at radius 2 is 2.13 bits per heavy atom. The van der Waals surface area contributed by atoms with Crippen LogP contribution in [0, 0.1) is 0 Å². The van der Waals surface area contributed by atoms with E-state index in [0.29, 0.717) is 5.92 Å². The molecule has 2 heterocycles. The Bertz CT molecular complexity index is 825. The lowest BCUT2D eigenvalue weighted by atomic mass is 10.1. The summed E-state index contributed by atoms with van der Waals surface area (Å²) in [5.41, 5.74) is 4.12. The van der Waals surface area contributed by atoms with Crippen molar-refractivity contribution in [1.29, 1.82) is 0 Å². The molecule has 23 heavy (non-hydrogen) atoms. The van der Waals surface area contributed by atoms with E-state index in [1.807, 2.05) is 18.2 Å². The lowest BCUT2D eigenvalue weighted by Gasteiger charge is -2.09. The fourth-order valence-electron chi connectivity index (χ4n) is 2.76. The van der Waals surface area contributed by atoms with Gasteiger partial charge in [0.05, 0.1) is 11.4 Å². The Labute approximate surface area is 139 Å². The first-order valence-electron chi connectivity index (χ1n) is 7.99. The van der Waals surface area contributed by atoms with E-state index in [9.17, 15) is 0 Å². The average Bonchev–Trinajstić information content (AvgIpc) is 3.30. The van der Waals surface area contributed by atoms with Gasteiger partial charge in [-0.2, -0.15) is 9.61 Å². The molecule has 2 aromatic heterocycles. The molecule has 0 radical (unpaired) electrons. The third-order valence-corrected chi connectivity index (χ3v) is 4.55. The topological polar surface area (TPSA) is 55.1 Å². The molecule has 0 atom stereocenters. The van der Waals surface area contributed by atoms with Gasteiger partial charge >= 0.3 is 0 Å². The Hall–Kier alpha value is -2.14. The maximum atomic E-state index is 6.20. The van der Waals surface area contributed by atoms with Crippen LogP contribution < -0.4 is 5.32 Å². The normalized spacial score (nSPS) is 14.3. The monoisotopic (exact) mass is 327 g/mol. The van der Waals surface area contributed by atoms with Crippen molar-refractivity contribution < 1.29 is 0 Å². The van der Waals surface area contributed by atoms with Crippen LogP contribution in [0.15, 0.2) is 36.7 Å². The molecule has 1 aliphatic rings. The van der Waals surface area contributed by atoms with Crippen molar-refractivity contribution in [3.63, 3.8) is 0 Å². The van der Waals surface area contributed by atoms with Crippen LogP contribution in [0.4, 0.5) is 5.69 Å². The van der Waals surface area contributed by atoms with Gasteiger partial charge in [-0.15, -0.1) is 10.2 Å². The number of nitrogens with zero attached hydrogens (tertiary/aromatic N) is 4. The quantitative estimate of drug-likeness (QED) is 0.701. The molecule has 0 amide bonds. The highest BCUT2D eigenvalue weighted by atomic mass is 35.5. The maximum absolute atomic E-state index is 6.20. The second kappa shape index (κ2) is 6.16. The minimum atomic E-state index is 0.602. The number of hydrogen-bond acceptors (Lipinski definition) is 4. The lowest BCUT2D eigenvalue weighted by molar-refractivity contribution is 0.839. The van der Waals surface area contributed by atoms with Gasteiger partial charge in [0.1, 0.15) is 6.33 Å². The van der Waals surface area contributed by atoms with Crippen LogP contribution in [0.25, 0.3) is 5.65 Å². The van der Waals surface area contributed by atoms with Gasteiger partial charge in [-0.25, -0.2) is 0 Å². The highest BCUT2D eigenvalue weighted by Gasteiger charge is 2.26. The lowest BCUT2D eigenvalue weighted by Crippen LogP contribution is -2.07. The number of aryl methyl sites for hydroxylation is 1. The summed E-state index contributed by atoms with van der Waals surface area (Å²) in [6, 6.07) is 10.1. The average molecular weight is 328 g/mol. The van der Waals surface area contributed by atoms with Crippen molar-refractivity contribution in [2.24, 2.45) is 0 Å². The number of benzene rings is 1. The van der Waals surface area contributed by atoms with Crippen LogP contribution in [0.5, 0.6) is 0 Å². The van der Waals surface area contributed by atoms with Crippen LogP contribution in [0.2, 0.25) is 5.02 Å². The van der Waals surface area contributed by atoms with Gasteiger partial charge < -0.3 is 5.32 Å². The second-order valence-electron chi connectivity index (χ2n) is 5.98. The zero-order chi connectivity index (χ0) is 15.6. The Balaban J connectivity index is 1.43. The third kappa shape index (κ3) is 3.15. The Kier molecular flexibility index (Phi) is 3.87. The number of aromatic nitrogens is 4. The van der Waals surface area contributed by atoms with Gasteiger partial charge in [0.25, 0.3) is 0 Å². The summed E-state index contributed by atoms with van der Waals surface area (Å²) in [6.45, 7) is 0.863. The summed E-state index contributed by atoms with van der Waals surface area (Å²) in [7, 11) is 0. The standard InChI is InChI=1S/C17H18ClN5/c18-14-6-2-1-4-12(14)5-3-9-19-16-10-15(13-7-8-13)22-23-11-20-21-17(16)23/h1-2,4,6,10-11,13,19H,3,5,7-9H2. The van der Waals surface area contributed by atoms with Gasteiger partial charge in [-0.05, 0) is 43.4 Å². The largest absolute Gasteiger partial charge is 0.382 e. The van der Waals surface area contributed by atoms with Crippen LogP contribution >= 0.6 is 11.6 Å². The molecule has 1 aliphatic carbocycles. The van der Waals surface area contributed by atoms with Gasteiger partial charge in [0.15, 0.2) is 0 Å². The minimum Gasteiger partial charge on any atom is -0.382 e. The number of halogens is 1. The summed E-state index contributed by atoms with van der Waals surface area (Å²) in [6.07, 6.45) is 6.08. The Morgan fingerprint density at radius 1 is 1.26 bits per heavy atom.